The Hall–Kier alpha value is -3.24. The first-order valence-corrected chi connectivity index (χ1v) is 10.6. The highest BCUT2D eigenvalue weighted by molar-refractivity contribution is 6.04. The molecule has 1 aliphatic rings. The highest BCUT2D eigenvalue weighted by atomic mass is 19.4. The highest BCUT2D eigenvalue weighted by Gasteiger charge is 2.30. The molecule has 4 rings (SSSR count). The van der Waals surface area contributed by atoms with Crippen LogP contribution in [0.3, 0.4) is 0 Å². The second-order valence-electron chi connectivity index (χ2n) is 8.01. The molecule has 174 valence electrons. The first kappa shape index (κ1) is 22.9. The minimum Gasteiger partial charge on any atom is -0.354 e. The number of rotatable bonds is 5. The predicted molar refractivity (Wildman–Crippen MR) is 118 cm³/mol. The van der Waals surface area contributed by atoms with Crippen molar-refractivity contribution in [1.29, 1.82) is 0 Å². The summed E-state index contributed by atoms with van der Waals surface area (Å²) >= 11 is 0. The fraction of sp³-hybridized carbons (Fsp3) is 0.348. The summed E-state index contributed by atoms with van der Waals surface area (Å²) in [5, 5.41) is 7.84. The summed E-state index contributed by atoms with van der Waals surface area (Å²) in [4.78, 5) is 29.5. The minimum atomic E-state index is -4.34. The molecule has 1 aromatic heterocycles. The third kappa shape index (κ3) is 5.07. The minimum absolute atomic E-state index is 0.202. The number of carbonyl (C=O) groups is 1. The number of nitrogens with one attached hydrogen (secondary N) is 1. The maximum Gasteiger partial charge on any atom is 0.416 e. The van der Waals surface area contributed by atoms with E-state index in [1.165, 1.54) is 23.9 Å². The highest BCUT2D eigenvalue weighted by Crippen LogP contribution is 2.29. The van der Waals surface area contributed by atoms with Crippen molar-refractivity contribution in [3.63, 3.8) is 0 Å². The zero-order chi connectivity index (χ0) is 23.6. The Morgan fingerprint density at radius 3 is 2.18 bits per heavy atom. The number of fused-ring (bicyclic) bond motifs is 1. The van der Waals surface area contributed by atoms with Crippen LogP contribution in [0.25, 0.3) is 10.8 Å². The number of alkyl halides is 3. The molecule has 0 saturated carbocycles. The van der Waals surface area contributed by atoms with E-state index in [1.807, 2.05) is 0 Å². The van der Waals surface area contributed by atoms with Gasteiger partial charge in [-0.05, 0) is 23.8 Å². The largest absolute Gasteiger partial charge is 0.416 e. The quantitative estimate of drug-likeness (QED) is 0.635. The van der Waals surface area contributed by atoms with Crippen LogP contribution in [0.2, 0.25) is 0 Å². The van der Waals surface area contributed by atoms with Crippen LogP contribution in [-0.2, 0) is 19.4 Å². The fourth-order valence-corrected chi connectivity index (χ4v) is 3.95. The smallest absolute Gasteiger partial charge is 0.354 e. The predicted octanol–water partition coefficient (Wildman–Crippen LogP) is 2.55. The molecule has 0 aliphatic carbocycles. The van der Waals surface area contributed by atoms with Gasteiger partial charge in [0.05, 0.1) is 17.6 Å². The molecular weight excluding hydrogens is 435 g/mol. The van der Waals surface area contributed by atoms with Gasteiger partial charge in [0.15, 0.2) is 5.69 Å². The second-order valence-corrected chi connectivity index (χ2v) is 8.01. The van der Waals surface area contributed by atoms with E-state index >= 15 is 0 Å². The fourth-order valence-electron chi connectivity index (χ4n) is 3.95. The Bertz CT molecular complexity index is 1200. The lowest BCUT2D eigenvalue weighted by atomic mass is 10.1. The van der Waals surface area contributed by atoms with Crippen molar-refractivity contribution < 1.29 is 18.0 Å². The van der Waals surface area contributed by atoms with Gasteiger partial charge in [-0.25, -0.2) is 4.68 Å². The van der Waals surface area contributed by atoms with Crippen molar-refractivity contribution in [3.8, 4) is 0 Å². The summed E-state index contributed by atoms with van der Waals surface area (Å²) in [6.07, 6.45) is -4.34. The van der Waals surface area contributed by atoms with Crippen LogP contribution in [0.5, 0.6) is 0 Å². The van der Waals surface area contributed by atoms with Gasteiger partial charge in [-0.1, -0.05) is 30.3 Å². The van der Waals surface area contributed by atoms with Crippen molar-refractivity contribution in [2.24, 2.45) is 0 Å². The molecule has 2 aromatic carbocycles. The Morgan fingerprint density at radius 1 is 0.970 bits per heavy atom. The molecule has 1 aliphatic heterocycles. The van der Waals surface area contributed by atoms with Gasteiger partial charge in [-0.2, -0.15) is 18.3 Å². The second kappa shape index (κ2) is 9.32. The summed E-state index contributed by atoms with van der Waals surface area (Å²) in [6, 6.07) is 12.1. The zero-order valence-electron chi connectivity index (χ0n) is 18.1. The number of piperazine rings is 1. The topological polar surface area (TPSA) is 70.5 Å². The lowest BCUT2D eigenvalue weighted by Crippen LogP contribution is -2.47. The van der Waals surface area contributed by atoms with Crippen LogP contribution >= 0.6 is 0 Å². The van der Waals surface area contributed by atoms with Crippen molar-refractivity contribution in [2.45, 2.75) is 19.4 Å². The van der Waals surface area contributed by atoms with Crippen LogP contribution in [0, 0.1) is 0 Å². The van der Waals surface area contributed by atoms with E-state index in [0.29, 0.717) is 43.5 Å². The average Bonchev–Trinajstić information content (AvgIpc) is 2.81. The first-order chi connectivity index (χ1) is 15.8. The molecule has 33 heavy (non-hydrogen) atoms. The first-order valence-electron chi connectivity index (χ1n) is 10.6. The molecule has 7 nitrogen and oxygen atoms in total. The van der Waals surface area contributed by atoms with E-state index in [1.54, 1.807) is 24.3 Å². The monoisotopic (exact) mass is 459 g/mol. The lowest BCUT2D eigenvalue weighted by molar-refractivity contribution is -0.137. The number of carbonyl (C=O) groups excluding carboxylic acids is 1. The van der Waals surface area contributed by atoms with Gasteiger partial charge in [0.2, 0.25) is 0 Å². The molecule has 0 unspecified atom stereocenters. The molecule has 10 heteroatoms. The molecule has 1 fully saturated rings. The number of amides is 1. The Balaban J connectivity index is 1.42. The van der Waals surface area contributed by atoms with Gasteiger partial charge >= 0.3 is 6.18 Å². The number of benzene rings is 2. The lowest BCUT2D eigenvalue weighted by Gasteiger charge is -2.34. The molecule has 0 atom stereocenters. The summed E-state index contributed by atoms with van der Waals surface area (Å²) in [6.45, 7) is 3.54. The van der Waals surface area contributed by atoms with Gasteiger partial charge in [-0.3, -0.25) is 19.4 Å². The number of nitrogens with zero attached hydrogens (tertiary/aromatic N) is 4. The van der Waals surface area contributed by atoms with Crippen molar-refractivity contribution in [1.82, 2.24) is 24.9 Å². The van der Waals surface area contributed by atoms with Crippen molar-refractivity contribution in [2.75, 3.05) is 33.2 Å². The molecule has 0 bridgehead atoms. The molecule has 1 saturated heterocycles. The van der Waals surface area contributed by atoms with Crippen LogP contribution in [-0.4, -0.2) is 58.7 Å². The van der Waals surface area contributed by atoms with Gasteiger partial charge in [-0.15, -0.1) is 0 Å². The number of hydrogen-bond donors (Lipinski definition) is 1. The maximum atomic E-state index is 12.9. The Morgan fingerprint density at radius 2 is 1.58 bits per heavy atom. The van der Waals surface area contributed by atoms with Crippen LogP contribution in [0.15, 0.2) is 53.3 Å². The van der Waals surface area contributed by atoms with Crippen molar-refractivity contribution >= 4 is 16.7 Å². The Kier molecular flexibility index (Phi) is 6.48. The average molecular weight is 459 g/mol. The third-order valence-corrected chi connectivity index (χ3v) is 5.80. The van der Waals surface area contributed by atoms with Gasteiger partial charge in [0, 0.05) is 45.2 Å². The summed E-state index contributed by atoms with van der Waals surface area (Å²) in [5.74, 6) is -0.360. The number of halogens is 3. The van der Waals surface area contributed by atoms with E-state index in [4.69, 9.17) is 0 Å². The SMILES string of the molecule is CNC(=O)c1nn(CN2CCN(Cc3ccc(C(F)(F)F)cc3)CC2)c(=O)c2ccccc12. The molecular formula is C23H24F3N5O2. The van der Waals surface area contributed by atoms with Gasteiger partial charge < -0.3 is 5.32 Å². The number of hydrogen-bond acceptors (Lipinski definition) is 5. The van der Waals surface area contributed by atoms with Gasteiger partial charge in [0.25, 0.3) is 11.5 Å². The van der Waals surface area contributed by atoms with Crippen molar-refractivity contribution in [3.05, 3.63) is 75.7 Å². The standard InChI is InChI=1S/C23H24F3N5O2/c1-27-21(32)20-18-4-2-3-5-19(18)22(33)31(28-20)15-30-12-10-29(11-13-30)14-16-6-8-17(9-7-16)23(24,25)26/h2-9H,10-15H2,1H3,(H,27,32). The molecule has 3 aromatic rings. The molecule has 1 amide bonds. The van der Waals surface area contributed by atoms with E-state index in [9.17, 15) is 22.8 Å². The van der Waals surface area contributed by atoms with E-state index < -0.39 is 11.7 Å². The zero-order valence-corrected chi connectivity index (χ0v) is 18.1. The summed E-state index contributed by atoms with van der Waals surface area (Å²) in [7, 11) is 1.52. The van der Waals surface area contributed by atoms with Gasteiger partial charge in [0.1, 0.15) is 0 Å². The molecule has 2 heterocycles. The van der Waals surface area contributed by atoms with Crippen LogP contribution < -0.4 is 10.9 Å². The van der Waals surface area contributed by atoms with E-state index in [-0.39, 0.29) is 23.8 Å². The molecule has 0 spiro atoms. The number of aromatic nitrogens is 2. The molecule has 1 N–H and O–H groups in total. The van der Waals surface area contributed by atoms with E-state index in [2.05, 4.69) is 20.2 Å². The molecule has 0 radical (unpaired) electrons. The summed E-state index contributed by atoms with van der Waals surface area (Å²) in [5.41, 5.74) is 0.110. The maximum absolute atomic E-state index is 12.9. The normalized spacial score (nSPS) is 15.6. The van der Waals surface area contributed by atoms with Crippen LogP contribution in [0.1, 0.15) is 21.6 Å². The van der Waals surface area contributed by atoms with E-state index in [0.717, 1.165) is 17.7 Å². The summed E-state index contributed by atoms with van der Waals surface area (Å²) < 4.78 is 39.5. The Labute approximate surface area is 188 Å². The third-order valence-electron chi connectivity index (χ3n) is 5.80. The van der Waals surface area contributed by atoms with Crippen LogP contribution in [0.4, 0.5) is 13.2 Å².